The zero-order valence-corrected chi connectivity index (χ0v) is 8.18. The smallest absolute Gasteiger partial charge is 0.234 e. The summed E-state index contributed by atoms with van der Waals surface area (Å²) in [6, 6.07) is -0.272. The molecular weight excluding hydrogens is 182 g/mol. The third-order valence-electron chi connectivity index (χ3n) is 1.91. The van der Waals surface area contributed by atoms with E-state index in [-0.39, 0.29) is 11.9 Å². The van der Waals surface area contributed by atoms with E-state index in [9.17, 15) is 4.79 Å². The molecule has 1 heterocycles. The highest BCUT2D eigenvalue weighted by molar-refractivity contribution is 5.79. The van der Waals surface area contributed by atoms with Crippen LogP contribution in [-0.4, -0.2) is 33.5 Å². The molecule has 1 unspecified atom stereocenters. The second-order valence-electron chi connectivity index (χ2n) is 3.10. The highest BCUT2D eigenvalue weighted by atomic mass is 16.1. The van der Waals surface area contributed by atoms with Crippen molar-refractivity contribution in [3.8, 4) is 0 Å². The largest absolute Gasteiger partial charge is 0.368 e. The van der Waals surface area contributed by atoms with Crippen molar-refractivity contribution in [3.63, 3.8) is 0 Å². The van der Waals surface area contributed by atoms with E-state index in [1.807, 2.05) is 0 Å². The number of nitrogens with two attached hydrogens (primary N) is 1. The summed E-state index contributed by atoms with van der Waals surface area (Å²) in [5.74, 6) is -0.328. The number of nitrogens with one attached hydrogen (secondary N) is 1. The van der Waals surface area contributed by atoms with Gasteiger partial charge in [-0.3, -0.25) is 9.48 Å². The number of aryl methyl sites for hydroxylation is 1. The zero-order chi connectivity index (χ0) is 10.4. The number of nitrogens with zero attached hydrogens (tertiary/aromatic N) is 3. The molecule has 0 radical (unpaired) electrons. The summed E-state index contributed by atoms with van der Waals surface area (Å²) < 4.78 is 1.75. The molecule has 0 saturated carbocycles. The first-order valence-electron chi connectivity index (χ1n) is 4.57. The predicted molar refractivity (Wildman–Crippen MR) is 51.3 cm³/mol. The third-order valence-corrected chi connectivity index (χ3v) is 1.91. The molecule has 1 amide bonds. The number of hydrogen-bond acceptors (Lipinski definition) is 4. The van der Waals surface area contributed by atoms with Gasteiger partial charge in [0.25, 0.3) is 0 Å². The Hall–Kier alpha value is -1.43. The summed E-state index contributed by atoms with van der Waals surface area (Å²) >= 11 is 0. The molecule has 6 heteroatoms. The van der Waals surface area contributed by atoms with Crippen LogP contribution in [0.15, 0.2) is 12.4 Å². The first kappa shape index (κ1) is 10.6. The Morgan fingerprint density at radius 3 is 3.07 bits per heavy atom. The number of hydrogen-bond donors (Lipinski definition) is 2. The molecule has 0 aliphatic heterocycles. The van der Waals surface area contributed by atoms with Crippen LogP contribution in [0.5, 0.6) is 0 Å². The van der Waals surface area contributed by atoms with E-state index in [2.05, 4.69) is 15.6 Å². The normalized spacial score (nSPS) is 12.6. The average Bonchev–Trinajstić information content (AvgIpc) is 2.64. The number of aromatic nitrogens is 3. The van der Waals surface area contributed by atoms with E-state index in [0.29, 0.717) is 0 Å². The lowest BCUT2D eigenvalue weighted by molar-refractivity contribution is -0.119. The monoisotopic (exact) mass is 197 g/mol. The molecule has 0 aliphatic rings. The molecule has 14 heavy (non-hydrogen) atoms. The van der Waals surface area contributed by atoms with Gasteiger partial charge in [0.2, 0.25) is 5.91 Å². The van der Waals surface area contributed by atoms with Crippen molar-refractivity contribution in [1.29, 1.82) is 0 Å². The zero-order valence-electron chi connectivity index (χ0n) is 8.18. The number of primary amides is 1. The number of amides is 1. The Balaban J connectivity index is 2.08. The van der Waals surface area contributed by atoms with E-state index in [1.54, 1.807) is 24.0 Å². The molecule has 1 aromatic heterocycles. The summed E-state index contributed by atoms with van der Waals surface area (Å²) in [6.07, 6.45) is 4.33. The quantitative estimate of drug-likeness (QED) is 0.580. The van der Waals surface area contributed by atoms with Crippen molar-refractivity contribution in [2.24, 2.45) is 5.73 Å². The van der Waals surface area contributed by atoms with E-state index in [1.165, 1.54) is 0 Å². The van der Waals surface area contributed by atoms with Gasteiger partial charge < -0.3 is 11.1 Å². The Bertz CT molecular complexity index is 271. The summed E-state index contributed by atoms with van der Waals surface area (Å²) in [6.45, 7) is 3.28. The predicted octanol–water partition coefficient (Wildman–Crippen LogP) is -0.868. The SMILES string of the molecule is CC(NCCCn1ccnn1)C(N)=O. The van der Waals surface area contributed by atoms with Crippen LogP contribution in [0.25, 0.3) is 0 Å². The lowest BCUT2D eigenvalue weighted by atomic mass is 10.3. The summed E-state index contributed by atoms with van der Waals surface area (Å²) in [7, 11) is 0. The van der Waals surface area contributed by atoms with Crippen molar-refractivity contribution >= 4 is 5.91 Å². The van der Waals surface area contributed by atoms with Crippen LogP contribution >= 0.6 is 0 Å². The maximum Gasteiger partial charge on any atom is 0.234 e. The Morgan fingerprint density at radius 2 is 2.50 bits per heavy atom. The highest BCUT2D eigenvalue weighted by Crippen LogP contribution is 1.87. The standard InChI is InChI=1S/C8H15N5O/c1-7(8(9)14)10-3-2-5-13-6-4-11-12-13/h4,6-7,10H,2-3,5H2,1H3,(H2,9,14). The van der Waals surface area contributed by atoms with Crippen LogP contribution < -0.4 is 11.1 Å². The number of carbonyl (C=O) groups excluding carboxylic acids is 1. The van der Waals surface area contributed by atoms with Crippen molar-refractivity contribution in [3.05, 3.63) is 12.4 Å². The van der Waals surface area contributed by atoms with Crippen molar-refractivity contribution < 1.29 is 4.79 Å². The molecule has 0 spiro atoms. The Morgan fingerprint density at radius 1 is 1.71 bits per heavy atom. The minimum atomic E-state index is -0.328. The molecule has 0 fully saturated rings. The third kappa shape index (κ3) is 3.53. The van der Waals surface area contributed by atoms with Crippen LogP contribution in [-0.2, 0) is 11.3 Å². The molecule has 78 valence electrons. The minimum absolute atomic E-state index is 0.272. The van der Waals surface area contributed by atoms with Gasteiger partial charge in [0.05, 0.1) is 12.2 Å². The van der Waals surface area contributed by atoms with E-state index < -0.39 is 0 Å². The number of rotatable bonds is 6. The maximum absolute atomic E-state index is 10.7. The lowest BCUT2D eigenvalue weighted by Gasteiger charge is -2.09. The van der Waals surface area contributed by atoms with Crippen LogP contribution in [0.1, 0.15) is 13.3 Å². The summed E-state index contributed by atoms with van der Waals surface area (Å²) in [5, 5.41) is 10.5. The maximum atomic E-state index is 10.7. The first-order chi connectivity index (χ1) is 6.70. The van der Waals surface area contributed by atoms with Gasteiger partial charge >= 0.3 is 0 Å². The molecule has 1 rings (SSSR count). The molecule has 3 N–H and O–H groups in total. The van der Waals surface area contributed by atoms with Gasteiger partial charge in [0.1, 0.15) is 0 Å². The van der Waals surface area contributed by atoms with Gasteiger partial charge in [-0.1, -0.05) is 5.21 Å². The minimum Gasteiger partial charge on any atom is -0.368 e. The molecule has 0 aromatic carbocycles. The van der Waals surface area contributed by atoms with Crippen LogP contribution in [0.2, 0.25) is 0 Å². The molecule has 0 aliphatic carbocycles. The van der Waals surface area contributed by atoms with Gasteiger partial charge in [0.15, 0.2) is 0 Å². The van der Waals surface area contributed by atoms with Crippen molar-refractivity contribution in [2.75, 3.05) is 6.54 Å². The van der Waals surface area contributed by atoms with E-state index >= 15 is 0 Å². The van der Waals surface area contributed by atoms with E-state index in [4.69, 9.17) is 5.73 Å². The number of carbonyl (C=O) groups is 1. The fraction of sp³-hybridized carbons (Fsp3) is 0.625. The van der Waals surface area contributed by atoms with E-state index in [0.717, 1.165) is 19.5 Å². The van der Waals surface area contributed by atoms with Gasteiger partial charge in [-0.25, -0.2) is 0 Å². The highest BCUT2D eigenvalue weighted by Gasteiger charge is 2.05. The molecule has 1 atom stereocenters. The Labute approximate surface area is 82.5 Å². The molecule has 0 bridgehead atoms. The molecule has 1 aromatic rings. The second-order valence-corrected chi connectivity index (χ2v) is 3.10. The Kier molecular flexibility index (Phi) is 4.06. The van der Waals surface area contributed by atoms with Crippen LogP contribution in [0.4, 0.5) is 0 Å². The van der Waals surface area contributed by atoms with Gasteiger partial charge in [-0.2, -0.15) is 0 Å². The molecule has 6 nitrogen and oxygen atoms in total. The topological polar surface area (TPSA) is 85.8 Å². The average molecular weight is 197 g/mol. The fourth-order valence-corrected chi connectivity index (χ4v) is 1.01. The van der Waals surface area contributed by atoms with Crippen molar-refractivity contribution in [1.82, 2.24) is 20.3 Å². The first-order valence-corrected chi connectivity index (χ1v) is 4.57. The summed E-state index contributed by atoms with van der Waals surface area (Å²) in [4.78, 5) is 10.7. The molecule has 0 saturated heterocycles. The molecular formula is C8H15N5O. The van der Waals surface area contributed by atoms with Crippen molar-refractivity contribution in [2.45, 2.75) is 25.9 Å². The summed E-state index contributed by atoms with van der Waals surface area (Å²) in [5.41, 5.74) is 5.08. The van der Waals surface area contributed by atoms with Crippen LogP contribution in [0.3, 0.4) is 0 Å². The van der Waals surface area contributed by atoms with Crippen LogP contribution in [0, 0.1) is 0 Å². The fourth-order valence-electron chi connectivity index (χ4n) is 1.01. The lowest BCUT2D eigenvalue weighted by Crippen LogP contribution is -2.39. The van der Waals surface area contributed by atoms with Gasteiger partial charge in [-0.15, -0.1) is 5.10 Å². The second kappa shape index (κ2) is 5.33. The van der Waals surface area contributed by atoms with Gasteiger partial charge in [-0.05, 0) is 19.9 Å². The van der Waals surface area contributed by atoms with Gasteiger partial charge in [0, 0.05) is 12.7 Å².